The van der Waals surface area contributed by atoms with Gasteiger partial charge in [0.2, 0.25) is 0 Å². The number of allylic oxidation sites excluding steroid dienone is 5. The molecule has 0 saturated carbocycles. The van der Waals surface area contributed by atoms with Crippen LogP contribution in [0.25, 0.3) is 0 Å². The van der Waals surface area contributed by atoms with Crippen molar-refractivity contribution in [3.8, 4) is 0 Å². The van der Waals surface area contributed by atoms with Crippen LogP contribution in [0.1, 0.15) is 59.3 Å². The van der Waals surface area contributed by atoms with Gasteiger partial charge in [-0.2, -0.15) is 0 Å². The number of ether oxygens (including phenoxy) is 1. The van der Waals surface area contributed by atoms with Gasteiger partial charge in [-0.25, -0.2) is 4.79 Å². The molecule has 0 aromatic carbocycles. The van der Waals surface area contributed by atoms with Gasteiger partial charge in [-0.1, -0.05) is 41.5 Å². The number of hydrogen-bond acceptors (Lipinski definition) is 2. The molecule has 1 heterocycles. The van der Waals surface area contributed by atoms with Gasteiger partial charge < -0.3 is 4.74 Å². The van der Waals surface area contributed by atoms with E-state index in [-0.39, 0.29) is 18.0 Å². The molecule has 1 aliphatic carbocycles. The van der Waals surface area contributed by atoms with Crippen LogP contribution in [0.5, 0.6) is 0 Å². The highest BCUT2D eigenvalue weighted by Crippen LogP contribution is 2.34. The molecule has 1 saturated heterocycles. The highest BCUT2D eigenvalue weighted by atomic mass is 16.6. The number of carbonyl (C=O) groups is 1. The van der Waals surface area contributed by atoms with E-state index in [1.165, 1.54) is 16.7 Å². The monoisotopic (exact) mass is 300 g/mol. The topological polar surface area (TPSA) is 26.3 Å². The molecular weight excluding hydrogens is 272 g/mol. The Hall–Kier alpha value is -1.57. The number of rotatable bonds is 0. The van der Waals surface area contributed by atoms with E-state index in [4.69, 9.17) is 4.74 Å². The molecule has 0 N–H and O–H groups in total. The van der Waals surface area contributed by atoms with Crippen LogP contribution in [0.2, 0.25) is 0 Å². The van der Waals surface area contributed by atoms with Crippen molar-refractivity contribution in [2.75, 3.05) is 0 Å². The maximum atomic E-state index is 11.8. The van der Waals surface area contributed by atoms with Crippen LogP contribution >= 0.6 is 0 Å². The van der Waals surface area contributed by atoms with Gasteiger partial charge in [-0.15, -0.1) is 0 Å². The molecule has 2 aliphatic rings. The van der Waals surface area contributed by atoms with E-state index in [2.05, 4.69) is 45.6 Å². The van der Waals surface area contributed by atoms with Crippen molar-refractivity contribution in [1.82, 2.24) is 0 Å². The maximum absolute atomic E-state index is 11.8. The van der Waals surface area contributed by atoms with Crippen molar-refractivity contribution in [3.05, 3.63) is 47.1 Å². The Morgan fingerprint density at radius 2 is 1.59 bits per heavy atom. The van der Waals surface area contributed by atoms with Crippen molar-refractivity contribution in [1.29, 1.82) is 0 Å². The molecule has 2 atom stereocenters. The molecule has 0 amide bonds. The largest absolute Gasteiger partial charge is 0.458 e. The third-order valence-corrected chi connectivity index (χ3v) is 4.72. The average Bonchev–Trinajstić information content (AvgIpc) is 2.71. The number of carbonyl (C=O) groups excluding carboxylic acids is 1. The zero-order valence-corrected chi connectivity index (χ0v) is 14.2. The Kier molecular flexibility index (Phi) is 5.82. The fourth-order valence-corrected chi connectivity index (χ4v) is 3.17. The molecule has 1 fully saturated rings. The summed E-state index contributed by atoms with van der Waals surface area (Å²) >= 11 is 0. The number of hydrogen-bond donors (Lipinski definition) is 0. The first-order valence-electron chi connectivity index (χ1n) is 8.34. The van der Waals surface area contributed by atoms with Gasteiger partial charge in [0.25, 0.3) is 0 Å². The van der Waals surface area contributed by atoms with Crippen LogP contribution in [0.15, 0.2) is 47.1 Å². The van der Waals surface area contributed by atoms with Crippen molar-refractivity contribution >= 4 is 5.97 Å². The molecule has 120 valence electrons. The van der Waals surface area contributed by atoms with E-state index in [1.807, 2.05) is 0 Å². The molecule has 0 unspecified atom stereocenters. The van der Waals surface area contributed by atoms with Gasteiger partial charge in [-0.05, 0) is 52.9 Å². The quantitative estimate of drug-likeness (QED) is 0.346. The second-order valence-corrected chi connectivity index (χ2v) is 6.74. The van der Waals surface area contributed by atoms with Crippen molar-refractivity contribution in [2.45, 2.75) is 65.4 Å². The predicted molar refractivity (Wildman–Crippen MR) is 91.5 cm³/mol. The lowest BCUT2D eigenvalue weighted by molar-refractivity contribution is -0.139. The zero-order valence-electron chi connectivity index (χ0n) is 14.2. The molecule has 0 spiro atoms. The van der Waals surface area contributed by atoms with Gasteiger partial charge in [0.1, 0.15) is 6.10 Å². The van der Waals surface area contributed by atoms with Gasteiger partial charge in [-0.3, -0.25) is 0 Å². The van der Waals surface area contributed by atoms with E-state index in [0.717, 1.165) is 38.5 Å². The van der Waals surface area contributed by atoms with Crippen LogP contribution < -0.4 is 0 Å². The van der Waals surface area contributed by atoms with Crippen LogP contribution in [0, 0.1) is 5.92 Å². The fraction of sp³-hybridized carbons (Fsp3) is 0.550. The molecule has 0 aromatic rings. The second-order valence-electron chi connectivity index (χ2n) is 6.74. The van der Waals surface area contributed by atoms with E-state index in [0.29, 0.717) is 5.57 Å². The smallest absolute Gasteiger partial charge is 0.334 e. The highest BCUT2D eigenvalue weighted by molar-refractivity contribution is 5.90. The summed E-state index contributed by atoms with van der Waals surface area (Å²) in [7, 11) is 0. The molecule has 2 nitrogen and oxygen atoms in total. The van der Waals surface area contributed by atoms with Crippen LogP contribution in [-0.4, -0.2) is 12.1 Å². The number of fused-ring (bicyclic) bond motifs is 1. The summed E-state index contributed by atoms with van der Waals surface area (Å²) in [4.78, 5) is 11.8. The number of esters is 1. The molecule has 1 aliphatic heterocycles. The molecule has 0 radical (unpaired) electrons. The van der Waals surface area contributed by atoms with Crippen LogP contribution in [0.4, 0.5) is 0 Å². The van der Waals surface area contributed by atoms with Crippen molar-refractivity contribution in [2.24, 2.45) is 5.92 Å². The van der Waals surface area contributed by atoms with E-state index < -0.39 is 0 Å². The first kappa shape index (κ1) is 16.8. The minimum Gasteiger partial charge on any atom is -0.458 e. The molecule has 22 heavy (non-hydrogen) atoms. The SMILES string of the molecule is C=C1C(=O)O[C@@H]2C/C(C)=C/CC/C(C)=C/CC/C(C)=C/C[C@H]12. The molecular formula is C20H28O2. The van der Waals surface area contributed by atoms with Crippen LogP contribution in [-0.2, 0) is 9.53 Å². The van der Waals surface area contributed by atoms with E-state index in [9.17, 15) is 4.79 Å². The maximum Gasteiger partial charge on any atom is 0.334 e. The molecule has 0 aromatic heterocycles. The second kappa shape index (κ2) is 7.62. The standard InChI is InChI=1S/C20H28O2/c1-14-7-5-9-15(2)11-12-18-17(4)20(21)22-19(18)13-16(3)10-6-8-14/h7,10-11,18-19H,4-6,8-9,12-13H2,1-3H3/b14-7+,15-11+,16-10+/t18-,19-/m1/s1. The lowest BCUT2D eigenvalue weighted by Gasteiger charge is -2.17. The molecule has 2 heteroatoms. The first-order valence-corrected chi connectivity index (χ1v) is 8.34. The summed E-state index contributed by atoms with van der Waals surface area (Å²) in [5, 5.41) is 0. The van der Waals surface area contributed by atoms with Gasteiger partial charge in [0, 0.05) is 17.9 Å². The third kappa shape index (κ3) is 4.46. The van der Waals surface area contributed by atoms with E-state index >= 15 is 0 Å². The summed E-state index contributed by atoms with van der Waals surface area (Å²) in [6, 6.07) is 0. The minimum absolute atomic E-state index is 0.0418. The summed E-state index contributed by atoms with van der Waals surface area (Å²) in [5.41, 5.74) is 4.81. The predicted octanol–water partition coefficient (Wildman–Crippen LogP) is 5.28. The Morgan fingerprint density at radius 3 is 2.27 bits per heavy atom. The summed E-state index contributed by atoms with van der Waals surface area (Å²) in [5.74, 6) is -0.0818. The third-order valence-electron chi connectivity index (χ3n) is 4.72. The fourth-order valence-electron chi connectivity index (χ4n) is 3.17. The Labute approximate surface area is 134 Å². The van der Waals surface area contributed by atoms with Gasteiger partial charge in [0.05, 0.1) is 0 Å². The highest BCUT2D eigenvalue weighted by Gasteiger charge is 2.37. The molecule has 2 rings (SSSR count). The van der Waals surface area contributed by atoms with Gasteiger partial charge in [0.15, 0.2) is 0 Å². The van der Waals surface area contributed by atoms with Crippen molar-refractivity contribution in [3.63, 3.8) is 0 Å². The lowest BCUT2D eigenvalue weighted by Crippen LogP contribution is -2.16. The Balaban J connectivity index is 2.19. The van der Waals surface area contributed by atoms with Crippen LogP contribution in [0.3, 0.4) is 0 Å². The van der Waals surface area contributed by atoms with Crippen molar-refractivity contribution < 1.29 is 9.53 Å². The lowest BCUT2D eigenvalue weighted by atomic mass is 9.88. The normalized spacial score (nSPS) is 35.1. The Morgan fingerprint density at radius 1 is 1.00 bits per heavy atom. The minimum atomic E-state index is -0.212. The summed E-state index contributed by atoms with van der Waals surface area (Å²) in [6.07, 6.45) is 12.9. The van der Waals surface area contributed by atoms with Gasteiger partial charge >= 0.3 is 5.97 Å². The Bertz CT molecular complexity index is 534. The summed E-state index contributed by atoms with van der Waals surface area (Å²) in [6.45, 7) is 10.5. The zero-order chi connectivity index (χ0) is 16.1. The first-order chi connectivity index (χ1) is 10.5. The van der Waals surface area contributed by atoms with E-state index in [1.54, 1.807) is 0 Å². The average molecular weight is 300 g/mol. The molecule has 0 bridgehead atoms. The summed E-state index contributed by atoms with van der Waals surface area (Å²) < 4.78 is 5.54.